The average Bonchev–Trinajstić information content (AvgIpc) is 2.56. The fourth-order valence-corrected chi connectivity index (χ4v) is 2.28. The molecule has 7 heteroatoms. The van der Waals surface area contributed by atoms with Crippen molar-refractivity contribution >= 4 is 23.4 Å². The first-order valence-corrected chi connectivity index (χ1v) is 8.38. The number of nitrogens with one attached hydrogen (secondary N) is 2. The normalized spacial score (nSPS) is 10.9. The maximum absolute atomic E-state index is 13.2. The largest absolute Gasteiger partial charge is 0.494 e. The van der Waals surface area contributed by atoms with Crippen LogP contribution in [0.4, 0.5) is 20.6 Å². The predicted molar refractivity (Wildman–Crippen MR) is 102 cm³/mol. The molecule has 0 heterocycles. The van der Waals surface area contributed by atoms with E-state index in [1.54, 1.807) is 45.0 Å². The summed E-state index contributed by atoms with van der Waals surface area (Å²) in [5.74, 6) is -0.467. The molecule has 0 aliphatic heterocycles. The van der Waals surface area contributed by atoms with Gasteiger partial charge >= 0.3 is 6.09 Å². The first kappa shape index (κ1) is 20.2. The van der Waals surface area contributed by atoms with Gasteiger partial charge in [-0.25, -0.2) is 9.18 Å². The minimum absolute atomic E-state index is 0.118. The van der Waals surface area contributed by atoms with Gasteiger partial charge in [0.25, 0.3) is 0 Å². The van der Waals surface area contributed by atoms with E-state index in [0.29, 0.717) is 11.4 Å². The van der Waals surface area contributed by atoms with Crippen LogP contribution < -0.4 is 15.4 Å². The van der Waals surface area contributed by atoms with E-state index in [2.05, 4.69) is 10.6 Å². The number of hydrogen-bond acceptors (Lipinski definition) is 4. The zero-order chi connectivity index (χ0) is 20.0. The fourth-order valence-electron chi connectivity index (χ4n) is 2.28. The molecule has 0 saturated heterocycles. The summed E-state index contributed by atoms with van der Waals surface area (Å²) in [4.78, 5) is 23.9. The molecule has 2 aromatic rings. The molecule has 0 atom stereocenters. The van der Waals surface area contributed by atoms with E-state index in [1.165, 1.54) is 25.3 Å². The molecule has 2 amide bonds. The molecule has 0 aliphatic rings. The summed E-state index contributed by atoms with van der Waals surface area (Å²) in [5.41, 5.74) is 1.13. The van der Waals surface area contributed by atoms with Gasteiger partial charge in [-0.1, -0.05) is 12.1 Å². The summed E-state index contributed by atoms with van der Waals surface area (Å²) >= 11 is 0. The van der Waals surface area contributed by atoms with Gasteiger partial charge in [-0.3, -0.25) is 10.1 Å². The van der Waals surface area contributed by atoms with Crippen LogP contribution in [0.5, 0.6) is 5.75 Å². The molecule has 0 saturated carbocycles. The Kier molecular flexibility index (Phi) is 6.39. The number of rotatable bonds is 5. The Morgan fingerprint density at radius 3 is 2.30 bits per heavy atom. The third kappa shape index (κ3) is 6.62. The lowest BCUT2D eigenvalue weighted by molar-refractivity contribution is -0.115. The fraction of sp³-hybridized carbons (Fsp3) is 0.300. The Morgan fingerprint density at radius 1 is 1.04 bits per heavy atom. The number of carbonyl (C=O) groups is 2. The Hall–Kier alpha value is -3.09. The van der Waals surface area contributed by atoms with Gasteiger partial charge in [0.2, 0.25) is 5.91 Å². The van der Waals surface area contributed by atoms with Crippen LogP contribution in [-0.4, -0.2) is 24.7 Å². The van der Waals surface area contributed by atoms with E-state index in [1.807, 2.05) is 0 Å². The first-order valence-electron chi connectivity index (χ1n) is 8.38. The van der Waals surface area contributed by atoms with Gasteiger partial charge in [-0.2, -0.15) is 0 Å². The number of halogens is 1. The van der Waals surface area contributed by atoms with Crippen molar-refractivity contribution in [1.29, 1.82) is 0 Å². The molecule has 0 unspecified atom stereocenters. The topological polar surface area (TPSA) is 76.7 Å². The number of hydrogen-bond donors (Lipinski definition) is 2. The van der Waals surface area contributed by atoms with Crippen molar-refractivity contribution in [2.75, 3.05) is 17.7 Å². The van der Waals surface area contributed by atoms with Crippen LogP contribution in [0.25, 0.3) is 0 Å². The van der Waals surface area contributed by atoms with E-state index in [-0.39, 0.29) is 18.1 Å². The zero-order valence-electron chi connectivity index (χ0n) is 15.8. The van der Waals surface area contributed by atoms with Gasteiger partial charge in [-0.15, -0.1) is 0 Å². The number of benzene rings is 2. The molecule has 144 valence electrons. The molecule has 0 fully saturated rings. The molecular formula is C20H23FN2O4. The Balaban J connectivity index is 1.94. The Bertz CT molecular complexity index is 814. The number of anilines is 2. The van der Waals surface area contributed by atoms with Gasteiger partial charge < -0.3 is 14.8 Å². The average molecular weight is 374 g/mol. The predicted octanol–water partition coefficient (Wildman–Crippen LogP) is 4.36. The molecule has 0 radical (unpaired) electrons. The lowest BCUT2D eigenvalue weighted by atomic mass is 10.1. The van der Waals surface area contributed by atoms with Gasteiger partial charge in [-0.05, 0) is 50.6 Å². The first-order chi connectivity index (χ1) is 12.7. The van der Waals surface area contributed by atoms with Crippen LogP contribution in [-0.2, 0) is 16.0 Å². The monoisotopic (exact) mass is 374 g/mol. The summed E-state index contributed by atoms with van der Waals surface area (Å²) in [6, 6.07) is 10.7. The SMILES string of the molecule is COc1cc(F)ccc1NC(=O)Cc1ccc(NC(=O)OC(C)(C)C)cc1. The van der Waals surface area contributed by atoms with E-state index < -0.39 is 17.5 Å². The number of ether oxygens (including phenoxy) is 2. The van der Waals surface area contributed by atoms with E-state index in [4.69, 9.17) is 9.47 Å². The maximum Gasteiger partial charge on any atom is 0.412 e. The second kappa shape index (κ2) is 8.53. The molecule has 2 aromatic carbocycles. The standard InChI is InChI=1S/C20H23FN2O4/c1-20(2,3)27-19(25)22-15-8-5-13(6-9-15)11-18(24)23-16-10-7-14(21)12-17(16)26-4/h5-10,12H,11H2,1-4H3,(H,22,25)(H,23,24). The van der Waals surface area contributed by atoms with Crippen LogP contribution in [0.1, 0.15) is 26.3 Å². The summed E-state index contributed by atoms with van der Waals surface area (Å²) < 4.78 is 23.4. The molecule has 27 heavy (non-hydrogen) atoms. The number of methoxy groups -OCH3 is 1. The van der Waals surface area contributed by atoms with Crippen LogP contribution >= 0.6 is 0 Å². The van der Waals surface area contributed by atoms with Gasteiger partial charge in [0, 0.05) is 11.8 Å². The highest BCUT2D eigenvalue weighted by molar-refractivity contribution is 5.93. The van der Waals surface area contributed by atoms with Crippen molar-refractivity contribution in [3.8, 4) is 5.75 Å². The summed E-state index contributed by atoms with van der Waals surface area (Å²) in [6.07, 6.45) is -0.427. The molecule has 0 spiro atoms. The minimum atomic E-state index is -0.580. The summed E-state index contributed by atoms with van der Waals surface area (Å²) in [7, 11) is 1.40. The van der Waals surface area contributed by atoms with Crippen LogP contribution in [0.3, 0.4) is 0 Å². The lowest BCUT2D eigenvalue weighted by Crippen LogP contribution is -2.27. The lowest BCUT2D eigenvalue weighted by Gasteiger charge is -2.19. The number of amides is 2. The van der Waals surface area contributed by atoms with Crippen LogP contribution in [0.2, 0.25) is 0 Å². The van der Waals surface area contributed by atoms with Crippen LogP contribution in [0.15, 0.2) is 42.5 Å². The van der Waals surface area contributed by atoms with E-state index >= 15 is 0 Å². The zero-order valence-corrected chi connectivity index (χ0v) is 15.8. The van der Waals surface area contributed by atoms with Crippen molar-refractivity contribution < 1.29 is 23.5 Å². The minimum Gasteiger partial charge on any atom is -0.494 e. The smallest absolute Gasteiger partial charge is 0.412 e. The summed E-state index contributed by atoms with van der Waals surface area (Å²) in [5, 5.41) is 5.31. The van der Waals surface area contributed by atoms with Crippen molar-refractivity contribution in [2.45, 2.75) is 32.8 Å². The van der Waals surface area contributed by atoms with Gasteiger partial charge in [0.1, 0.15) is 17.2 Å². The molecule has 6 nitrogen and oxygen atoms in total. The third-order valence-electron chi connectivity index (χ3n) is 3.40. The Morgan fingerprint density at radius 2 is 1.70 bits per heavy atom. The van der Waals surface area contributed by atoms with Crippen molar-refractivity contribution in [3.05, 3.63) is 53.8 Å². The number of carbonyl (C=O) groups excluding carboxylic acids is 2. The maximum atomic E-state index is 13.2. The highest BCUT2D eigenvalue weighted by atomic mass is 19.1. The van der Waals surface area contributed by atoms with Crippen molar-refractivity contribution in [3.63, 3.8) is 0 Å². The van der Waals surface area contributed by atoms with Gasteiger partial charge in [0.05, 0.1) is 19.2 Å². The quantitative estimate of drug-likeness (QED) is 0.815. The molecule has 0 aromatic heterocycles. The molecule has 0 bridgehead atoms. The van der Waals surface area contributed by atoms with E-state index in [9.17, 15) is 14.0 Å². The highest BCUT2D eigenvalue weighted by Gasteiger charge is 2.16. The summed E-state index contributed by atoms with van der Waals surface area (Å²) in [6.45, 7) is 5.35. The molecular weight excluding hydrogens is 351 g/mol. The molecule has 2 N–H and O–H groups in total. The molecule has 2 rings (SSSR count). The Labute approximate surface area is 157 Å². The second-order valence-electron chi connectivity index (χ2n) is 6.89. The van der Waals surface area contributed by atoms with Crippen molar-refractivity contribution in [2.24, 2.45) is 0 Å². The third-order valence-corrected chi connectivity index (χ3v) is 3.40. The highest BCUT2D eigenvalue weighted by Crippen LogP contribution is 2.25. The van der Waals surface area contributed by atoms with Crippen LogP contribution in [0, 0.1) is 5.82 Å². The molecule has 0 aliphatic carbocycles. The van der Waals surface area contributed by atoms with E-state index in [0.717, 1.165) is 5.56 Å². The van der Waals surface area contributed by atoms with Crippen molar-refractivity contribution in [1.82, 2.24) is 0 Å². The second-order valence-corrected chi connectivity index (χ2v) is 6.89. The van der Waals surface area contributed by atoms with Gasteiger partial charge in [0.15, 0.2) is 0 Å².